The van der Waals surface area contributed by atoms with Crippen LogP contribution in [0, 0.1) is 3.57 Å². The van der Waals surface area contributed by atoms with Crippen molar-refractivity contribution in [1.29, 1.82) is 0 Å². The van der Waals surface area contributed by atoms with E-state index in [0.717, 1.165) is 8.47 Å². The summed E-state index contributed by atoms with van der Waals surface area (Å²) in [5, 5.41) is 9.06. The highest BCUT2D eigenvalue weighted by molar-refractivity contribution is 14.1. The van der Waals surface area contributed by atoms with Crippen LogP contribution in [-0.2, 0) is 9.53 Å². The summed E-state index contributed by atoms with van der Waals surface area (Å²) in [6.45, 7) is -0.0794. The number of benzene rings is 1. The second kappa shape index (κ2) is 6.07. The Labute approximate surface area is 127 Å². The van der Waals surface area contributed by atoms with Crippen LogP contribution < -0.4 is 4.74 Å². The van der Waals surface area contributed by atoms with Crippen molar-refractivity contribution in [2.24, 2.45) is 0 Å². The van der Waals surface area contributed by atoms with Gasteiger partial charge in [-0.3, -0.25) is 4.79 Å². The minimum absolute atomic E-state index is 0.0336. The number of ether oxygens (including phenoxy) is 2. The smallest absolute Gasteiger partial charge is 0.416 e. The number of nitrogens with zero attached hydrogens (tertiary/aromatic N) is 1. The molecular formula is C12H10INO6. The van der Waals surface area contributed by atoms with Crippen LogP contribution >= 0.6 is 22.6 Å². The molecule has 1 aromatic carbocycles. The molecule has 1 aliphatic rings. The van der Waals surface area contributed by atoms with Crippen LogP contribution in [0.1, 0.15) is 10.4 Å². The monoisotopic (exact) mass is 391 g/mol. The minimum Gasteiger partial charge on any atom is -0.483 e. The SMILES string of the molecule is O=C(O)c1cc(I)ccc1OCC(=O)N1CCOC1=O. The third-order valence-corrected chi connectivity index (χ3v) is 3.26. The van der Waals surface area contributed by atoms with Crippen LogP contribution in [-0.4, -0.2) is 47.7 Å². The summed E-state index contributed by atoms with van der Waals surface area (Å²) >= 11 is 1.98. The summed E-state index contributed by atoms with van der Waals surface area (Å²) in [6.07, 6.45) is -0.709. The standard InChI is InChI=1S/C12H10INO6/c13-7-1-2-9(8(5-7)11(16)17)20-6-10(15)14-3-4-19-12(14)18/h1-2,5H,3-4,6H2,(H,16,17). The third kappa shape index (κ3) is 3.18. The van der Waals surface area contributed by atoms with Gasteiger partial charge in [0.15, 0.2) is 6.61 Å². The molecule has 0 unspecified atom stereocenters. The lowest BCUT2D eigenvalue weighted by Crippen LogP contribution is -2.35. The molecule has 0 aliphatic carbocycles. The van der Waals surface area contributed by atoms with E-state index in [2.05, 4.69) is 4.74 Å². The first-order valence-electron chi connectivity index (χ1n) is 5.62. The van der Waals surface area contributed by atoms with Crippen LogP contribution in [0.2, 0.25) is 0 Å². The van der Waals surface area contributed by atoms with E-state index < -0.39 is 24.6 Å². The van der Waals surface area contributed by atoms with Crippen LogP contribution in [0.5, 0.6) is 5.75 Å². The molecule has 0 saturated carbocycles. The van der Waals surface area contributed by atoms with Crippen molar-refractivity contribution in [3.63, 3.8) is 0 Å². The molecule has 0 spiro atoms. The van der Waals surface area contributed by atoms with Crippen molar-refractivity contribution in [3.8, 4) is 5.75 Å². The first-order chi connectivity index (χ1) is 9.49. The molecule has 106 valence electrons. The van der Waals surface area contributed by atoms with Crippen molar-refractivity contribution in [1.82, 2.24) is 4.90 Å². The highest BCUT2D eigenvalue weighted by atomic mass is 127. The predicted molar refractivity (Wildman–Crippen MR) is 74.7 cm³/mol. The van der Waals surface area contributed by atoms with Crippen molar-refractivity contribution >= 4 is 40.6 Å². The van der Waals surface area contributed by atoms with Gasteiger partial charge in [-0.2, -0.15) is 0 Å². The maximum Gasteiger partial charge on any atom is 0.416 e. The molecule has 8 heteroatoms. The van der Waals surface area contributed by atoms with E-state index in [-0.39, 0.29) is 24.5 Å². The summed E-state index contributed by atoms with van der Waals surface area (Å²) in [4.78, 5) is 34.9. The topological polar surface area (TPSA) is 93.1 Å². The van der Waals surface area contributed by atoms with Crippen LogP contribution in [0.4, 0.5) is 4.79 Å². The van der Waals surface area contributed by atoms with Crippen LogP contribution in [0.25, 0.3) is 0 Å². The molecule has 1 heterocycles. The molecule has 2 amide bonds. The molecule has 1 saturated heterocycles. The number of carbonyl (C=O) groups is 3. The second-order valence-corrected chi connectivity index (χ2v) is 5.14. The Morgan fingerprint density at radius 3 is 2.80 bits per heavy atom. The highest BCUT2D eigenvalue weighted by Crippen LogP contribution is 2.21. The number of carbonyl (C=O) groups excluding carboxylic acids is 2. The van der Waals surface area contributed by atoms with Crippen LogP contribution in [0.15, 0.2) is 18.2 Å². The Hall–Kier alpha value is -1.84. The lowest BCUT2D eigenvalue weighted by molar-refractivity contribution is -0.129. The van der Waals surface area contributed by atoms with Gasteiger partial charge in [0.25, 0.3) is 5.91 Å². The molecule has 0 aromatic heterocycles. The Morgan fingerprint density at radius 2 is 2.20 bits per heavy atom. The minimum atomic E-state index is -1.15. The zero-order chi connectivity index (χ0) is 14.7. The summed E-state index contributed by atoms with van der Waals surface area (Å²) in [5.74, 6) is -1.63. The van der Waals surface area contributed by atoms with E-state index in [4.69, 9.17) is 9.84 Å². The number of rotatable bonds is 4. The van der Waals surface area contributed by atoms with Crippen molar-refractivity contribution in [3.05, 3.63) is 27.3 Å². The Kier molecular flexibility index (Phi) is 4.42. The van der Waals surface area contributed by atoms with Gasteiger partial charge in [0.1, 0.15) is 17.9 Å². The average molecular weight is 391 g/mol. The zero-order valence-electron chi connectivity index (χ0n) is 10.2. The van der Waals surface area contributed by atoms with Gasteiger partial charge in [0.05, 0.1) is 6.54 Å². The molecule has 1 fully saturated rings. The molecule has 1 aliphatic heterocycles. The third-order valence-electron chi connectivity index (χ3n) is 2.59. The van der Waals surface area contributed by atoms with Gasteiger partial charge in [-0.25, -0.2) is 14.5 Å². The fourth-order valence-corrected chi connectivity index (χ4v) is 2.12. The normalized spacial score (nSPS) is 14.1. The predicted octanol–water partition coefficient (Wildman–Crippen LogP) is 1.35. The quantitative estimate of drug-likeness (QED) is 0.779. The van der Waals surface area contributed by atoms with Gasteiger partial charge in [0.2, 0.25) is 0 Å². The number of hydrogen-bond donors (Lipinski definition) is 1. The maximum atomic E-state index is 11.7. The largest absolute Gasteiger partial charge is 0.483 e. The summed E-state index contributed by atoms with van der Waals surface area (Å²) in [7, 11) is 0. The van der Waals surface area contributed by atoms with E-state index in [1.165, 1.54) is 12.1 Å². The van der Waals surface area contributed by atoms with Crippen molar-refractivity contribution < 1.29 is 29.0 Å². The molecule has 2 rings (SSSR count). The van der Waals surface area contributed by atoms with Gasteiger partial charge in [-0.15, -0.1) is 0 Å². The van der Waals surface area contributed by atoms with E-state index in [9.17, 15) is 14.4 Å². The van der Waals surface area contributed by atoms with Gasteiger partial charge < -0.3 is 14.6 Å². The van der Waals surface area contributed by atoms with Crippen LogP contribution in [0.3, 0.4) is 0 Å². The van der Waals surface area contributed by atoms with Gasteiger partial charge in [0, 0.05) is 3.57 Å². The summed E-state index contributed by atoms with van der Waals surface area (Å²) in [6, 6.07) is 4.57. The maximum absolute atomic E-state index is 11.7. The number of amides is 2. The number of imide groups is 1. The molecule has 0 radical (unpaired) electrons. The summed E-state index contributed by atoms with van der Waals surface area (Å²) < 4.78 is 10.6. The Balaban J connectivity index is 2.05. The van der Waals surface area contributed by atoms with E-state index in [1.807, 2.05) is 22.6 Å². The van der Waals surface area contributed by atoms with E-state index in [1.54, 1.807) is 6.07 Å². The molecule has 0 atom stereocenters. The molecule has 1 aromatic rings. The zero-order valence-corrected chi connectivity index (χ0v) is 12.3. The van der Waals surface area contributed by atoms with Gasteiger partial charge in [-0.1, -0.05) is 0 Å². The lowest BCUT2D eigenvalue weighted by Gasteiger charge is -2.13. The number of hydrogen-bond acceptors (Lipinski definition) is 5. The second-order valence-electron chi connectivity index (χ2n) is 3.89. The average Bonchev–Trinajstić information content (AvgIpc) is 2.83. The number of aromatic carboxylic acids is 1. The van der Waals surface area contributed by atoms with E-state index >= 15 is 0 Å². The Bertz CT molecular complexity index is 573. The van der Waals surface area contributed by atoms with E-state index in [0.29, 0.717) is 0 Å². The molecule has 20 heavy (non-hydrogen) atoms. The highest BCUT2D eigenvalue weighted by Gasteiger charge is 2.28. The number of halogens is 1. The van der Waals surface area contributed by atoms with Gasteiger partial charge >= 0.3 is 12.1 Å². The fraction of sp³-hybridized carbons (Fsp3) is 0.250. The first kappa shape index (κ1) is 14.6. The lowest BCUT2D eigenvalue weighted by atomic mass is 10.2. The number of cyclic esters (lactones) is 1. The van der Waals surface area contributed by atoms with Gasteiger partial charge in [-0.05, 0) is 40.8 Å². The molecule has 0 bridgehead atoms. The van der Waals surface area contributed by atoms with Crippen molar-refractivity contribution in [2.45, 2.75) is 0 Å². The Morgan fingerprint density at radius 1 is 1.45 bits per heavy atom. The fourth-order valence-electron chi connectivity index (χ4n) is 1.63. The molecular weight excluding hydrogens is 381 g/mol. The first-order valence-corrected chi connectivity index (χ1v) is 6.69. The number of carboxylic acid groups (broad SMARTS) is 1. The molecule has 7 nitrogen and oxygen atoms in total. The summed E-state index contributed by atoms with van der Waals surface area (Å²) in [5.41, 5.74) is -0.0336. The molecule has 1 N–H and O–H groups in total. The van der Waals surface area contributed by atoms with Crippen molar-refractivity contribution in [2.75, 3.05) is 19.8 Å². The number of carboxylic acids is 1.